The molecule has 1 aromatic rings. The summed E-state index contributed by atoms with van der Waals surface area (Å²) in [6, 6.07) is 8.47. The highest BCUT2D eigenvalue weighted by atomic mass is 16.2. The number of nitrogens with two attached hydrogens (primary N) is 1. The van der Waals surface area contributed by atoms with Crippen LogP contribution in [-0.2, 0) is 11.2 Å². The highest BCUT2D eigenvalue weighted by molar-refractivity contribution is 5.96. The van der Waals surface area contributed by atoms with Gasteiger partial charge in [-0.2, -0.15) is 0 Å². The first-order valence-corrected chi connectivity index (χ1v) is 7.28. The van der Waals surface area contributed by atoms with Gasteiger partial charge in [-0.15, -0.1) is 0 Å². The minimum absolute atomic E-state index is 0.196. The van der Waals surface area contributed by atoms with Crippen molar-refractivity contribution in [1.82, 2.24) is 0 Å². The zero-order valence-corrected chi connectivity index (χ0v) is 11.6. The molecule has 1 aliphatic carbocycles. The quantitative estimate of drug-likeness (QED) is 0.886. The Morgan fingerprint density at radius 3 is 2.79 bits per heavy atom. The molecule has 1 heterocycles. The predicted octanol–water partition coefficient (Wildman–Crippen LogP) is 2.63. The molecule has 1 aromatic carbocycles. The van der Waals surface area contributed by atoms with Gasteiger partial charge in [-0.3, -0.25) is 4.79 Å². The maximum Gasteiger partial charge on any atom is 0.229 e. The molecule has 3 nitrogen and oxygen atoms in total. The number of amides is 1. The molecule has 19 heavy (non-hydrogen) atoms. The number of anilines is 1. The molecule has 0 saturated heterocycles. The number of hydrogen-bond donors (Lipinski definition) is 1. The molecule has 1 amide bonds. The standard InChI is InChI=1S/C16H22N2O/c1-12-10-13-6-2-3-7-14(13)18(12)15(19)11-16(17)8-4-5-9-16/h2-3,6-7,12H,4-5,8-11,17H2,1H3. The van der Waals surface area contributed by atoms with Crippen LogP contribution < -0.4 is 10.6 Å². The van der Waals surface area contributed by atoms with E-state index >= 15 is 0 Å². The van der Waals surface area contributed by atoms with Gasteiger partial charge in [-0.05, 0) is 37.8 Å². The van der Waals surface area contributed by atoms with Gasteiger partial charge in [0.05, 0.1) is 0 Å². The van der Waals surface area contributed by atoms with Crippen molar-refractivity contribution in [1.29, 1.82) is 0 Å². The third-order valence-corrected chi connectivity index (χ3v) is 4.58. The summed E-state index contributed by atoms with van der Waals surface area (Å²) < 4.78 is 0. The largest absolute Gasteiger partial charge is 0.325 e. The summed E-state index contributed by atoms with van der Waals surface area (Å²) in [5.74, 6) is 0.196. The van der Waals surface area contributed by atoms with Crippen molar-refractivity contribution in [2.75, 3.05) is 4.90 Å². The van der Waals surface area contributed by atoms with E-state index in [4.69, 9.17) is 5.73 Å². The Hall–Kier alpha value is -1.35. The Bertz CT molecular complexity index is 491. The Morgan fingerprint density at radius 1 is 1.37 bits per heavy atom. The summed E-state index contributed by atoms with van der Waals surface area (Å²) in [6.07, 6.45) is 5.75. The molecule has 102 valence electrons. The Labute approximate surface area is 114 Å². The van der Waals surface area contributed by atoms with Crippen molar-refractivity contribution in [3.05, 3.63) is 29.8 Å². The number of rotatable bonds is 2. The van der Waals surface area contributed by atoms with Crippen LogP contribution in [0.15, 0.2) is 24.3 Å². The minimum atomic E-state index is -0.256. The van der Waals surface area contributed by atoms with Crippen molar-refractivity contribution in [2.24, 2.45) is 5.73 Å². The van der Waals surface area contributed by atoms with Gasteiger partial charge >= 0.3 is 0 Å². The van der Waals surface area contributed by atoms with Crippen molar-refractivity contribution in [2.45, 2.75) is 57.0 Å². The fourth-order valence-electron chi connectivity index (χ4n) is 3.59. The van der Waals surface area contributed by atoms with Gasteiger partial charge in [0.1, 0.15) is 0 Å². The molecular weight excluding hydrogens is 236 g/mol. The van der Waals surface area contributed by atoms with Crippen LogP contribution in [0.4, 0.5) is 5.69 Å². The molecule has 2 N–H and O–H groups in total. The molecule has 1 aliphatic heterocycles. The first-order chi connectivity index (χ1) is 9.09. The summed E-state index contributed by atoms with van der Waals surface area (Å²) >= 11 is 0. The van der Waals surface area contributed by atoms with Crippen LogP contribution in [0.3, 0.4) is 0 Å². The molecular formula is C16H22N2O. The van der Waals surface area contributed by atoms with Crippen LogP contribution in [0, 0.1) is 0 Å². The van der Waals surface area contributed by atoms with Crippen molar-refractivity contribution < 1.29 is 4.79 Å². The second-order valence-corrected chi connectivity index (χ2v) is 6.19. The van der Waals surface area contributed by atoms with Crippen LogP contribution in [-0.4, -0.2) is 17.5 Å². The summed E-state index contributed by atoms with van der Waals surface area (Å²) in [7, 11) is 0. The van der Waals surface area contributed by atoms with Gasteiger partial charge in [0.25, 0.3) is 0 Å². The van der Waals surface area contributed by atoms with E-state index in [0.29, 0.717) is 6.42 Å². The van der Waals surface area contributed by atoms with E-state index < -0.39 is 0 Å². The van der Waals surface area contributed by atoms with Crippen LogP contribution in [0.2, 0.25) is 0 Å². The molecule has 0 spiro atoms. The Kier molecular flexibility index (Phi) is 3.09. The van der Waals surface area contributed by atoms with Gasteiger partial charge in [-0.1, -0.05) is 31.0 Å². The van der Waals surface area contributed by atoms with Gasteiger partial charge in [0, 0.05) is 23.7 Å². The van der Waals surface area contributed by atoms with E-state index in [9.17, 15) is 4.79 Å². The summed E-state index contributed by atoms with van der Waals surface area (Å²) in [4.78, 5) is 14.6. The molecule has 0 aromatic heterocycles. The average molecular weight is 258 g/mol. The maximum absolute atomic E-state index is 12.6. The molecule has 3 rings (SSSR count). The van der Waals surface area contributed by atoms with Gasteiger partial charge < -0.3 is 10.6 Å². The van der Waals surface area contributed by atoms with Crippen LogP contribution >= 0.6 is 0 Å². The van der Waals surface area contributed by atoms with Crippen molar-refractivity contribution in [3.63, 3.8) is 0 Å². The first-order valence-electron chi connectivity index (χ1n) is 7.28. The normalized spacial score (nSPS) is 24.5. The van der Waals surface area contributed by atoms with Crippen LogP contribution in [0.25, 0.3) is 0 Å². The number of hydrogen-bond acceptors (Lipinski definition) is 2. The van der Waals surface area contributed by atoms with Gasteiger partial charge in [0.15, 0.2) is 0 Å². The third-order valence-electron chi connectivity index (χ3n) is 4.58. The van der Waals surface area contributed by atoms with Crippen LogP contribution in [0.5, 0.6) is 0 Å². The van der Waals surface area contributed by atoms with E-state index in [2.05, 4.69) is 19.1 Å². The minimum Gasteiger partial charge on any atom is -0.325 e. The molecule has 1 atom stereocenters. The molecule has 0 bridgehead atoms. The van der Waals surface area contributed by atoms with Crippen molar-refractivity contribution >= 4 is 11.6 Å². The third kappa shape index (κ3) is 2.27. The maximum atomic E-state index is 12.6. The number of carbonyl (C=O) groups excluding carboxylic acids is 1. The second kappa shape index (κ2) is 4.64. The average Bonchev–Trinajstić information content (AvgIpc) is 2.91. The second-order valence-electron chi connectivity index (χ2n) is 6.19. The lowest BCUT2D eigenvalue weighted by Crippen LogP contribution is -2.45. The smallest absolute Gasteiger partial charge is 0.229 e. The zero-order chi connectivity index (χ0) is 13.5. The number of benzene rings is 1. The number of carbonyl (C=O) groups is 1. The SMILES string of the molecule is CC1Cc2ccccc2N1C(=O)CC1(N)CCCC1. The lowest BCUT2D eigenvalue weighted by molar-refractivity contribution is -0.120. The van der Waals surface area contributed by atoms with Gasteiger partial charge in [0.2, 0.25) is 5.91 Å². The number of fused-ring (bicyclic) bond motifs is 1. The highest BCUT2D eigenvalue weighted by Gasteiger charge is 2.37. The lowest BCUT2D eigenvalue weighted by Gasteiger charge is -2.29. The molecule has 1 unspecified atom stereocenters. The fraction of sp³-hybridized carbons (Fsp3) is 0.562. The molecule has 1 saturated carbocycles. The Balaban J connectivity index is 1.80. The van der Waals surface area contributed by atoms with Crippen LogP contribution in [0.1, 0.15) is 44.6 Å². The van der Waals surface area contributed by atoms with E-state index in [1.807, 2.05) is 17.0 Å². The highest BCUT2D eigenvalue weighted by Crippen LogP contribution is 2.35. The predicted molar refractivity (Wildman–Crippen MR) is 77.1 cm³/mol. The lowest BCUT2D eigenvalue weighted by atomic mass is 9.94. The van der Waals surface area contributed by atoms with Crippen molar-refractivity contribution in [3.8, 4) is 0 Å². The monoisotopic (exact) mass is 258 g/mol. The number of para-hydroxylation sites is 1. The Morgan fingerprint density at radius 2 is 2.05 bits per heavy atom. The number of nitrogens with zero attached hydrogens (tertiary/aromatic N) is 1. The summed E-state index contributed by atoms with van der Waals surface area (Å²) in [5, 5.41) is 0. The van der Waals surface area contributed by atoms with E-state index in [1.165, 1.54) is 5.56 Å². The summed E-state index contributed by atoms with van der Waals surface area (Å²) in [6.45, 7) is 2.12. The van der Waals surface area contributed by atoms with E-state index in [1.54, 1.807) is 0 Å². The molecule has 0 radical (unpaired) electrons. The van der Waals surface area contributed by atoms with E-state index in [-0.39, 0.29) is 17.5 Å². The topological polar surface area (TPSA) is 46.3 Å². The first kappa shape index (κ1) is 12.7. The van der Waals surface area contributed by atoms with E-state index in [0.717, 1.165) is 37.8 Å². The van der Waals surface area contributed by atoms with Gasteiger partial charge in [-0.25, -0.2) is 0 Å². The zero-order valence-electron chi connectivity index (χ0n) is 11.6. The molecule has 3 heteroatoms. The molecule has 2 aliphatic rings. The summed E-state index contributed by atoms with van der Waals surface area (Å²) in [5.41, 5.74) is 8.45. The fourth-order valence-corrected chi connectivity index (χ4v) is 3.59. The molecule has 1 fully saturated rings.